The molecule has 12 rings (SSSR count). The van der Waals surface area contributed by atoms with Crippen LogP contribution in [0.25, 0.3) is 11.1 Å². The molecular formula is C68H78BN3Si. The maximum Gasteiger partial charge on any atom is 0.252 e. The average Bonchev–Trinajstić information content (AvgIpc) is 3.74. The normalized spacial score (nSPS) is 20.6. The molecule has 7 aromatic carbocycles. The molecule has 1 fully saturated rings. The molecule has 0 N–H and O–H groups in total. The maximum atomic E-state index is 2.82. The molecular weight excluding hydrogens is 898 g/mol. The molecule has 0 saturated heterocycles. The summed E-state index contributed by atoms with van der Waals surface area (Å²) >= 11 is 0. The van der Waals surface area contributed by atoms with Crippen LogP contribution >= 0.6 is 0 Å². The third kappa shape index (κ3) is 7.39. The van der Waals surface area contributed by atoms with Gasteiger partial charge >= 0.3 is 0 Å². The zero-order chi connectivity index (χ0) is 51.5. The van der Waals surface area contributed by atoms with Crippen LogP contribution in [0.1, 0.15) is 134 Å². The Morgan fingerprint density at radius 2 is 1.14 bits per heavy atom. The van der Waals surface area contributed by atoms with Gasteiger partial charge in [0.05, 0.1) is 19.3 Å². The minimum atomic E-state index is -1.56. The number of fused-ring (bicyclic) bond motifs is 8. The van der Waals surface area contributed by atoms with E-state index in [0.29, 0.717) is 0 Å². The highest BCUT2D eigenvalue weighted by molar-refractivity contribution is 7.00. The van der Waals surface area contributed by atoms with Gasteiger partial charge < -0.3 is 14.7 Å². The minimum absolute atomic E-state index is 0.00751. The summed E-state index contributed by atoms with van der Waals surface area (Å²) in [6, 6.07) is 51.4. The van der Waals surface area contributed by atoms with Gasteiger partial charge in [-0.25, -0.2) is 0 Å². The first-order chi connectivity index (χ1) is 34.4. The van der Waals surface area contributed by atoms with Gasteiger partial charge in [0.15, 0.2) is 0 Å². The molecule has 1 saturated carbocycles. The highest BCUT2D eigenvalue weighted by atomic mass is 28.3. The fraction of sp³-hybridized carbons (Fsp3) is 0.382. The third-order valence-corrected chi connectivity index (χ3v) is 20.6. The molecule has 3 heterocycles. The molecule has 7 aromatic rings. The zero-order valence-electron chi connectivity index (χ0n) is 46.8. The van der Waals surface area contributed by atoms with Gasteiger partial charge in [0.2, 0.25) is 0 Å². The molecule has 3 nitrogen and oxygen atoms in total. The molecule has 73 heavy (non-hydrogen) atoms. The second-order valence-electron chi connectivity index (χ2n) is 27.5. The van der Waals surface area contributed by atoms with Gasteiger partial charge in [-0.1, -0.05) is 173 Å². The van der Waals surface area contributed by atoms with Crippen molar-refractivity contribution in [2.45, 2.75) is 163 Å². The molecule has 2 atom stereocenters. The Morgan fingerprint density at radius 3 is 1.79 bits per heavy atom. The lowest BCUT2D eigenvalue weighted by molar-refractivity contribution is 0.195. The predicted octanol–water partition coefficient (Wildman–Crippen LogP) is 16.1. The standard InChI is InChI=1S/C68H78BN3Si/c1-43-33-61-63-62(34-43)71(57-29-24-49(65(6,7)8)38-52(57)45-21-17-16-18-22-45)59-37-47-42-66(9,10)41-46(47)36-55(59)69(63)54-27-25-50(39-60(54)70(61)56-28-23-48(35-44(56)2)64(3,4)5)72-58-30-26-51(73(13,14)15)40-53(58)67(11)31-19-20-32-68(67,72)12/h16-18,21-30,33-40H,19-20,31-32,41-42H2,1-15H3. The van der Waals surface area contributed by atoms with E-state index in [0.717, 1.165) is 12.8 Å². The molecule has 2 aliphatic carbocycles. The van der Waals surface area contributed by atoms with Gasteiger partial charge in [-0.2, -0.15) is 0 Å². The van der Waals surface area contributed by atoms with Crippen molar-refractivity contribution >= 4 is 81.9 Å². The third-order valence-electron chi connectivity index (χ3n) is 18.6. The van der Waals surface area contributed by atoms with Gasteiger partial charge in [0, 0.05) is 50.8 Å². The number of nitrogens with zero attached hydrogens (tertiary/aromatic N) is 3. The quantitative estimate of drug-likeness (QED) is 0.159. The lowest BCUT2D eigenvalue weighted by Crippen LogP contribution is -2.61. The summed E-state index contributed by atoms with van der Waals surface area (Å²) in [7, 11) is -1.56. The fourth-order valence-electron chi connectivity index (χ4n) is 14.4. The highest BCUT2D eigenvalue weighted by Gasteiger charge is 2.58. The summed E-state index contributed by atoms with van der Waals surface area (Å²) in [6.07, 6.45) is 7.10. The number of hydrogen-bond donors (Lipinski definition) is 0. The number of benzene rings is 7. The van der Waals surface area contributed by atoms with Crippen molar-refractivity contribution in [2.75, 3.05) is 14.7 Å². The second kappa shape index (κ2) is 16.1. The van der Waals surface area contributed by atoms with E-state index in [1.807, 2.05) is 0 Å². The van der Waals surface area contributed by atoms with Crippen LogP contribution in [0.4, 0.5) is 45.5 Å². The largest absolute Gasteiger partial charge is 0.334 e. The number of anilines is 8. The first kappa shape index (κ1) is 48.2. The van der Waals surface area contributed by atoms with Crippen LogP contribution in [0.2, 0.25) is 19.6 Å². The van der Waals surface area contributed by atoms with E-state index in [2.05, 4.69) is 245 Å². The van der Waals surface area contributed by atoms with Crippen LogP contribution in [-0.4, -0.2) is 20.3 Å². The summed E-state index contributed by atoms with van der Waals surface area (Å²) in [6.45, 7) is 36.4. The fourth-order valence-corrected chi connectivity index (χ4v) is 15.5. The second-order valence-corrected chi connectivity index (χ2v) is 32.6. The van der Waals surface area contributed by atoms with Crippen molar-refractivity contribution in [3.63, 3.8) is 0 Å². The molecule has 372 valence electrons. The Labute approximate surface area is 440 Å². The molecule has 3 aliphatic heterocycles. The smallest absolute Gasteiger partial charge is 0.252 e. The molecule has 2 unspecified atom stereocenters. The van der Waals surface area contributed by atoms with Crippen molar-refractivity contribution in [3.05, 3.63) is 166 Å². The first-order valence-corrected chi connectivity index (χ1v) is 31.2. The van der Waals surface area contributed by atoms with Crippen LogP contribution in [0, 0.1) is 19.3 Å². The van der Waals surface area contributed by atoms with E-state index < -0.39 is 8.07 Å². The van der Waals surface area contributed by atoms with Gasteiger partial charge in [-0.05, 0) is 178 Å². The van der Waals surface area contributed by atoms with Gasteiger partial charge in [-0.3, -0.25) is 0 Å². The van der Waals surface area contributed by atoms with Crippen LogP contribution < -0.4 is 36.3 Å². The number of hydrogen-bond acceptors (Lipinski definition) is 3. The maximum absolute atomic E-state index is 2.82. The summed E-state index contributed by atoms with van der Waals surface area (Å²) in [4.78, 5) is 8.20. The SMILES string of the molecule is Cc1cc2c3c(c1)N(c1ccc(C(C)(C)C)cc1-c1ccccc1)c1cc4c(cc1B3c1ccc(N3c5ccc([Si](C)(C)C)cc5C5(C)CCCCC35C)cc1N2c1ccc(C(C)(C)C)cc1C)CC(C)(C)C4. The molecule has 0 bridgehead atoms. The monoisotopic (exact) mass is 976 g/mol. The summed E-state index contributed by atoms with van der Waals surface area (Å²) < 4.78 is 0. The van der Waals surface area contributed by atoms with E-state index in [-0.39, 0.29) is 33.9 Å². The first-order valence-electron chi connectivity index (χ1n) is 27.7. The van der Waals surface area contributed by atoms with Crippen molar-refractivity contribution in [2.24, 2.45) is 5.41 Å². The van der Waals surface area contributed by atoms with E-state index in [1.165, 1.54) is 132 Å². The van der Waals surface area contributed by atoms with Crippen molar-refractivity contribution in [1.29, 1.82) is 0 Å². The average molecular weight is 976 g/mol. The van der Waals surface area contributed by atoms with Crippen molar-refractivity contribution in [1.82, 2.24) is 0 Å². The number of aryl methyl sites for hydroxylation is 2. The van der Waals surface area contributed by atoms with Gasteiger partial charge in [0.25, 0.3) is 6.71 Å². The topological polar surface area (TPSA) is 9.72 Å². The van der Waals surface area contributed by atoms with E-state index >= 15 is 0 Å². The Balaban J connectivity index is 1.15. The molecule has 0 amide bonds. The minimum Gasteiger partial charge on any atom is -0.334 e. The van der Waals surface area contributed by atoms with Gasteiger partial charge in [0.1, 0.15) is 0 Å². The van der Waals surface area contributed by atoms with Gasteiger partial charge in [-0.15, -0.1) is 0 Å². The van der Waals surface area contributed by atoms with E-state index in [1.54, 1.807) is 10.8 Å². The van der Waals surface area contributed by atoms with Crippen LogP contribution in [0.15, 0.2) is 127 Å². The Morgan fingerprint density at radius 1 is 0.534 bits per heavy atom. The zero-order valence-corrected chi connectivity index (χ0v) is 47.8. The summed E-state index contributed by atoms with van der Waals surface area (Å²) in [5.41, 5.74) is 27.1. The highest BCUT2D eigenvalue weighted by Crippen LogP contribution is 2.61. The van der Waals surface area contributed by atoms with Crippen molar-refractivity contribution in [3.8, 4) is 11.1 Å². The Bertz CT molecular complexity index is 3420. The molecule has 5 aliphatic rings. The van der Waals surface area contributed by atoms with Crippen LogP contribution in [0.5, 0.6) is 0 Å². The lowest BCUT2D eigenvalue weighted by Gasteiger charge is -2.51. The Kier molecular flexibility index (Phi) is 10.6. The molecule has 0 aromatic heterocycles. The predicted molar refractivity (Wildman–Crippen MR) is 320 cm³/mol. The lowest BCUT2D eigenvalue weighted by atomic mass is 9.33. The summed E-state index contributed by atoms with van der Waals surface area (Å²) in [5, 5.41) is 1.57. The van der Waals surface area contributed by atoms with E-state index in [4.69, 9.17) is 0 Å². The van der Waals surface area contributed by atoms with E-state index in [9.17, 15) is 0 Å². The van der Waals surface area contributed by atoms with Crippen LogP contribution in [0.3, 0.4) is 0 Å². The molecule has 0 spiro atoms. The molecule has 0 radical (unpaired) electrons. The van der Waals surface area contributed by atoms with Crippen molar-refractivity contribution < 1.29 is 0 Å². The molecule has 5 heteroatoms. The summed E-state index contributed by atoms with van der Waals surface area (Å²) in [5.74, 6) is 0. The Hall–Kier alpha value is -5.78. The number of rotatable bonds is 5. The van der Waals surface area contributed by atoms with Crippen LogP contribution in [-0.2, 0) is 29.1 Å².